The summed E-state index contributed by atoms with van der Waals surface area (Å²) >= 11 is 0. The van der Waals surface area contributed by atoms with Crippen LogP contribution < -0.4 is 0 Å². The van der Waals surface area contributed by atoms with Crippen molar-refractivity contribution in [3.63, 3.8) is 0 Å². The van der Waals surface area contributed by atoms with Gasteiger partial charge in [0.1, 0.15) is 0 Å². The fraction of sp³-hybridized carbons (Fsp3) is 0.944. The summed E-state index contributed by atoms with van der Waals surface area (Å²) in [5.41, 5.74) is 0. The number of unbranched alkanes of at least 4 members (excludes halogenated alkanes) is 25. The molecule has 0 fully saturated rings. The number of hydrogen-bond donors (Lipinski definition) is 2. The minimum Gasteiger partial charge on any atom is -0.481 e. The number of aliphatic carboxylic acids is 2. The first-order valence-corrected chi connectivity index (χ1v) is 18.1. The molecule has 0 saturated heterocycles. The van der Waals surface area contributed by atoms with Gasteiger partial charge in [0, 0.05) is 26.1 Å². The van der Waals surface area contributed by atoms with E-state index in [1.807, 2.05) is 0 Å². The van der Waals surface area contributed by atoms with E-state index < -0.39 is 11.9 Å². The lowest BCUT2D eigenvalue weighted by Crippen LogP contribution is -1.97. The largest absolute Gasteiger partial charge is 0.481 e. The summed E-state index contributed by atoms with van der Waals surface area (Å²) in [6.07, 6.45) is 38.1. The monoisotopic (exact) mass is 585 g/mol. The number of ether oxygens (including phenoxy) is 1. The van der Waals surface area contributed by atoms with Crippen molar-refractivity contribution in [2.24, 2.45) is 0 Å². The molecule has 0 aromatic heterocycles. The minimum absolute atomic E-state index is 0.0628. The molecule has 5 heteroatoms. The van der Waals surface area contributed by atoms with Crippen molar-refractivity contribution in [1.82, 2.24) is 0 Å². The smallest absolute Gasteiger partial charge is 0.303 e. The summed E-state index contributed by atoms with van der Waals surface area (Å²) in [6, 6.07) is 0. The lowest BCUT2D eigenvalue weighted by molar-refractivity contribution is -0.139. The first-order chi connectivity index (χ1) is 20.0. The quantitative estimate of drug-likeness (QED) is 0.0749. The highest BCUT2D eigenvalue weighted by molar-refractivity contribution is 5.67. The molecule has 0 heterocycles. The molecule has 246 valence electrons. The molecule has 0 rings (SSSR count). The van der Waals surface area contributed by atoms with E-state index in [2.05, 4.69) is 13.8 Å². The molecule has 5 nitrogen and oxygen atoms in total. The Kier molecular flexibility index (Phi) is 39.9. The Morgan fingerprint density at radius 3 is 0.805 bits per heavy atom. The SMILES string of the molecule is CCCCCCCCCCCCCCCOCCCCCCCCCCCCCCC.O=C(O)CCCCC(=O)O. The molecule has 0 aliphatic heterocycles. The van der Waals surface area contributed by atoms with Crippen molar-refractivity contribution in [3.8, 4) is 0 Å². The number of carbonyl (C=O) groups is 2. The van der Waals surface area contributed by atoms with Crippen molar-refractivity contribution in [3.05, 3.63) is 0 Å². The molecule has 0 bridgehead atoms. The van der Waals surface area contributed by atoms with E-state index in [-0.39, 0.29) is 12.8 Å². The van der Waals surface area contributed by atoms with E-state index in [0.717, 1.165) is 13.2 Å². The zero-order valence-electron chi connectivity index (χ0n) is 27.7. The Morgan fingerprint density at radius 1 is 0.366 bits per heavy atom. The minimum atomic E-state index is -0.870. The lowest BCUT2D eigenvalue weighted by atomic mass is 10.0. The number of carboxylic acid groups (broad SMARTS) is 2. The highest BCUT2D eigenvalue weighted by atomic mass is 16.5. The molecule has 0 radical (unpaired) electrons. The normalized spacial score (nSPS) is 10.9. The maximum absolute atomic E-state index is 9.90. The van der Waals surface area contributed by atoms with Crippen LogP contribution in [0, 0.1) is 0 Å². The van der Waals surface area contributed by atoms with Gasteiger partial charge in [-0.1, -0.05) is 168 Å². The Bertz CT molecular complexity index is 464. The topological polar surface area (TPSA) is 83.8 Å². The Balaban J connectivity index is 0. The number of rotatable bonds is 33. The fourth-order valence-electron chi connectivity index (χ4n) is 5.10. The highest BCUT2D eigenvalue weighted by Crippen LogP contribution is 2.14. The van der Waals surface area contributed by atoms with Gasteiger partial charge in [-0.15, -0.1) is 0 Å². The Morgan fingerprint density at radius 2 is 0.585 bits per heavy atom. The first-order valence-electron chi connectivity index (χ1n) is 18.1. The van der Waals surface area contributed by atoms with Crippen molar-refractivity contribution in [2.45, 2.75) is 206 Å². The summed E-state index contributed by atoms with van der Waals surface area (Å²) in [5, 5.41) is 16.3. The maximum Gasteiger partial charge on any atom is 0.303 e. The van der Waals surface area contributed by atoms with Crippen molar-refractivity contribution >= 4 is 11.9 Å². The van der Waals surface area contributed by atoms with Crippen LogP contribution in [0.3, 0.4) is 0 Å². The van der Waals surface area contributed by atoms with Gasteiger partial charge in [-0.05, 0) is 25.7 Å². The van der Waals surface area contributed by atoms with Crippen LogP contribution in [0.2, 0.25) is 0 Å². The third kappa shape index (κ3) is 46.1. The van der Waals surface area contributed by atoms with Crippen LogP contribution in [0.5, 0.6) is 0 Å². The second-order valence-electron chi connectivity index (χ2n) is 12.1. The van der Waals surface area contributed by atoms with Crippen LogP contribution in [0.25, 0.3) is 0 Å². The second-order valence-corrected chi connectivity index (χ2v) is 12.1. The summed E-state index contributed by atoms with van der Waals surface area (Å²) in [4.78, 5) is 19.8. The maximum atomic E-state index is 9.90. The van der Waals surface area contributed by atoms with Crippen LogP contribution in [-0.2, 0) is 14.3 Å². The van der Waals surface area contributed by atoms with Gasteiger partial charge in [0.15, 0.2) is 0 Å². The van der Waals surface area contributed by atoms with E-state index in [1.54, 1.807) is 0 Å². The zero-order chi connectivity index (χ0) is 30.5. The standard InChI is InChI=1S/C30H62O.C6H10O4/c1-3-5-7-9-11-13-15-17-19-21-23-25-27-29-31-30-28-26-24-22-20-18-16-14-12-10-8-6-4-2;7-5(8)3-1-2-4-6(9)10/h3-30H2,1-2H3;1-4H2,(H,7,8)(H,9,10). The van der Waals surface area contributed by atoms with Gasteiger partial charge < -0.3 is 14.9 Å². The van der Waals surface area contributed by atoms with Gasteiger partial charge in [-0.25, -0.2) is 0 Å². The molecule has 41 heavy (non-hydrogen) atoms. The molecular weight excluding hydrogens is 512 g/mol. The molecule has 0 aliphatic rings. The average molecular weight is 585 g/mol. The molecule has 0 aromatic rings. The van der Waals surface area contributed by atoms with Crippen LogP contribution in [-0.4, -0.2) is 35.4 Å². The molecular formula is C36H72O5. The van der Waals surface area contributed by atoms with Gasteiger partial charge in [0.05, 0.1) is 0 Å². The fourth-order valence-corrected chi connectivity index (χ4v) is 5.10. The Labute approximate surface area is 256 Å². The summed E-state index contributed by atoms with van der Waals surface area (Å²) in [6.45, 7) is 6.59. The molecule has 0 atom stereocenters. The van der Waals surface area contributed by atoms with Crippen LogP contribution in [0.1, 0.15) is 206 Å². The molecule has 0 aromatic carbocycles. The van der Waals surface area contributed by atoms with Gasteiger partial charge in [-0.3, -0.25) is 9.59 Å². The van der Waals surface area contributed by atoms with Gasteiger partial charge in [0.2, 0.25) is 0 Å². The van der Waals surface area contributed by atoms with Crippen molar-refractivity contribution in [2.75, 3.05) is 13.2 Å². The zero-order valence-corrected chi connectivity index (χ0v) is 27.7. The molecule has 0 saturated carbocycles. The van der Waals surface area contributed by atoms with Crippen LogP contribution >= 0.6 is 0 Å². The third-order valence-electron chi connectivity index (χ3n) is 7.82. The highest BCUT2D eigenvalue weighted by Gasteiger charge is 1.99. The predicted octanol–water partition coefficient (Wildman–Crippen LogP) is 11.9. The van der Waals surface area contributed by atoms with E-state index in [0.29, 0.717) is 12.8 Å². The second kappa shape index (κ2) is 38.9. The molecule has 0 aliphatic carbocycles. The van der Waals surface area contributed by atoms with Crippen molar-refractivity contribution in [1.29, 1.82) is 0 Å². The van der Waals surface area contributed by atoms with Gasteiger partial charge >= 0.3 is 11.9 Å². The van der Waals surface area contributed by atoms with Gasteiger partial charge in [-0.2, -0.15) is 0 Å². The molecule has 0 spiro atoms. The van der Waals surface area contributed by atoms with Gasteiger partial charge in [0.25, 0.3) is 0 Å². The summed E-state index contributed by atoms with van der Waals surface area (Å²) in [7, 11) is 0. The lowest BCUT2D eigenvalue weighted by Gasteiger charge is -2.05. The number of carboxylic acids is 2. The molecule has 0 amide bonds. The van der Waals surface area contributed by atoms with Crippen molar-refractivity contribution < 1.29 is 24.5 Å². The van der Waals surface area contributed by atoms with E-state index >= 15 is 0 Å². The molecule has 2 N–H and O–H groups in total. The van der Waals surface area contributed by atoms with E-state index in [4.69, 9.17) is 14.9 Å². The predicted molar refractivity (Wildman–Crippen MR) is 176 cm³/mol. The summed E-state index contributed by atoms with van der Waals surface area (Å²) < 4.78 is 5.83. The van der Waals surface area contributed by atoms with E-state index in [1.165, 1.54) is 167 Å². The van der Waals surface area contributed by atoms with Crippen LogP contribution in [0.15, 0.2) is 0 Å². The number of hydrogen-bond acceptors (Lipinski definition) is 3. The third-order valence-corrected chi connectivity index (χ3v) is 7.82. The first kappa shape index (κ1) is 42.0. The Hall–Kier alpha value is -1.10. The molecule has 0 unspecified atom stereocenters. The summed E-state index contributed by atoms with van der Waals surface area (Å²) in [5.74, 6) is -1.74. The van der Waals surface area contributed by atoms with Crippen LogP contribution in [0.4, 0.5) is 0 Å². The average Bonchev–Trinajstić information content (AvgIpc) is 2.95. The van der Waals surface area contributed by atoms with E-state index in [9.17, 15) is 9.59 Å².